The highest BCUT2D eigenvalue weighted by molar-refractivity contribution is 4.72. The average Bonchev–Trinajstić information content (AvgIpc) is 1.89. The predicted octanol–water partition coefficient (Wildman–Crippen LogP) is 0.530. The minimum atomic E-state index is -0.233. The van der Waals surface area contributed by atoms with Crippen molar-refractivity contribution in [2.24, 2.45) is 5.92 Å². The van der Waals surface area contributed by atoms with Gasteiger partial charge < -0.3 is 10.2 Å². The zero-order valence-corrected chi connectivity index (χ0v) is 5.58. The van der Waals surface area contributed by atoms with Crippen LogP contribution in [0.25, 0.3) is 0 Å². The molecule has 2 N–H and O–H groups in total. The van der Waals surface area contributed by atoms with Crippen LogP contribution in [0.5, 0.6) is 0 Å². The Bertz CT molecular complexity index is 83.0. The summed E-state index contributed by atoms with van der Waals surface area (Å²) in [6, 6.07) is 0. The maximum atomic E-state index is 9.21. The van der Waals surface area contributed by atoms with Gasteiger partial charge in [-0.3, -0.25) is 0 Å². The topological polar surface area (TPSA) is 40.5 Å². The third-order valence-corrected chi connectivity index (χ3v) is 2.10. The van der Waals surface area contributed by atoms with Crippen LogP contribution >= 0.6 is 0 Å². The maximum Gasteiger partial charge on any atom is 0.0590 e. The summed E-state index contributed by atoms with van der Waals surface area (Å²) < 4.78 is 0. The normalized spacial score (nSPS) is 36.7. The van der Waals surface area contributed by atoms with Crippen LogP contribution in [-0.4, -0.2) is 22.9 Å². The van der Waals surface area contributed by atoms with Crippen molar-refractivity contribution >= 4 is 0 Å². The van der Waals surface area contributed by atoms with Gasteiger partial charge in [-0.2, -0.15) is 0 Å². The van der Waals surface area contributed by atoms with Gasteiger partial charge in [0.2, 0.25) is 0 Å². The molecule has 2 atom stereocenters. The van der Waals surface area contributed by atoms with E-state index >= 15 is 0 Å². The molecule has 54 valence electrons. The molecule has 1 aliphatic rings. The van der Waals surface area contributed by atoms with E-state index in [2.05, 4.69) is 0 Å². The molecule has 1 fully saturated rings. The number of rotatable bonds is 1. The van der Waals surface area contributed by atoms with Crippen LogP contribution in [0.2, 0.25) is 0 Å². The van der Waals surface area contributed by atoms with Gasteiger partial charge in [-0.15, -0.1) is 0 Å². The molecule has 1 saturated carbocycles. The second-order valence-electron chi connectivity index (χ2n) is 2.79. The summed E-state index contributed by atoms with van der Waals surface area (Å²) in [7, 11) is 0. The summed E-state index contributed by atoms with van der Waals surface area (Å²) >= 11 is 0. The molecule has 0 unspecified atom stereocenters. The van der Waals surface area contributed by atoms with Crippen molar-refractivity contribution in [3.8, 4) is 0 Å². The van der Waals surface area contributed by atoms with Crippen molar-refractivity contribution in [2.75, 3.05) is 6.61 Å². The van der Waals surface area contributed by atoms with Crippen molar-refractivity contribution in [1.82, 2.24) is 0 Å². The maximum absolute atomic E-state index is 9.21. The van der Waals surface area contributed by atoms with Gasteiger partial charge >= 0.3 is 0 Å². The SMILES string of the molecule is OC[C@H]1CCCC[C@H]1O. The van der Waals surface area contributed by atoms with Gasteiger partial charge in [0.1, 0.15) is 0 Å². The standard InChI is InChI=1S/C7H14O2/c8-5-6-3-1-2-4-7(6)9/h6-9H,1-5H2/t6-,7-/m1/s1. The molecular weight excluding hydrogens is 116 g/mol. The Morgan fingerprint density at radius 1 is 1.22 bits per heavy atom. The van der Waals surface area contributed by atoms with Crippen LogP contribution in [0.15, 0.2) is 0 Å². The van der Waals surface area contributed by atoms with Crippen molar-refractivity contribution in [3.63, 3.8) is 0 Å². The summed E-state index contributed by atoms with van der Waals surface area (Å²) in [4.78, 5) is 0. The fourth-order valence-corrected chi connectivity index (χ4v) is 1.40. The fourth-order valence-electron chi connectivity index (χ4n) is 1.40. The van der Waals surface area contributed by atoms with Crippen LogP contribution < -0.4 is 0 Å². The first-order valence-corrected chi connectivity index (χ1v) is 3.63. The smallest absolute Gasteiger partial charge is 0.0590 e. The van der Waals surface area contributed by atoms with E-state index in [4.69, 9.17) is 5.11 Å². The van der Waals surface area contributed by atoms with E-state index in [-0.39, 0.29) is 18.6 Å². The summed E-state index contributed by atoms with van der Waals surface area (Å²) in [6.07, 6.45) is 3.94. The van der Waals surface area contributed by atoms with Crippen molar-refractivity contribution in [1.29, 1.82) is 0 Å². The zero-order valence-electron chi connectivity index (χ0n) is 5.58. The monoisotopic (exact) mass is 130 g/mol. The average molecular weight is 130 g/mol. The first-order chi connectivity index (χ1) is 4.34. The van der Waals surface area contributed by atoms with E-state index in [1.165, 1.54) is 6.42 Å². The molecule has 1 rings (SSSR count). The fraction of sp³-hybridized carbons (Fsp3) is 1.00. The van der Waals surface area contributed by atoms with E-state index in [1.54, 1.807) is 0 Å². The quantitative estimate of drug-likeness (QED) is 0.543. The molecule has 0 bridgehead atoms. The molecule has 2 nitrogen and oxygen atoms in total. The third-order valence-electron chi connectivity index (χ3n) is 2.10. The van der Waals surface area contributed by atoms with Crippen LogP contribution in [-0.2, 0) is 0 Å². The first-order valence-electron chi connectivity index (χ1n) is 3.63. The molecular formula is C7H14O2. The van der Waals surface area contributed by atoms with Crippen molar-refractivity contribution in [3.05, 3.63) is 0 Å². The lowest BCUT2D eigenvalue weighted by molar-refractivity contribution is 0.0359. The molecule has 0 aromatic carbocycles. The van der Waals surface area contributed by atoms with Gasteiger partial charge in [-0.25, -0.2) is 0 Å². The first kappa shape index (κ1) is 7.03. The summed E-state index contributed by atoms with van der Waals surface area (Å²) in [6.45, 7) is 0.154. The molecule has 0 spiro atoms. The van der Waals surface area contributed by atoms with E-state index in [0.717, 1.165) is 19.3 Å². The van der Waals surface area contributed by atoms with Gasteiger partial charge in [0.25, 0.3) is 0 Å². The van der Waals surface area contributed by atoms with Crippen LogP contribution in [0.4, 0.5) is 0 Å². The van der Waals surface area contributed by atoms with Gasteiger partial charge in [0, 0.05) is 12.5 Å². The second-order valence-corrected chi connectivity index (χ2v) is 2.79. The van der Waals surface area contributed by atoms with Crippen molar-refractivity contribution in [2.45, 2.75) is 31.8 Å². The molecule has 0 heterocycles. The Morgan fingerprint density at radius 2 is 1.89 bits per heavy atom. The lowest BCUT2D eigenvalue weighted by atomic mass is 9.87. The molecule has 2 heteroatoms. The molecule has 0 amide bonds. The lowest BCUT2D eigenvalue weighted by Gasteiger charge is -2.25. The molecule has 0 aromatic heterocycles. The number of hydrogen-bond donors (Lipinski definition) is 2. The molecule has 0 aromatic rings. The lowest BCUT2D eigenvalue weighted by Crippen LogP contribution is -2.26. The van der Waals surface area contributed by atoms with E-state index < -0.39 is 0 Å². The van der Waals surface area contributed by atoms with Gasteiger partial charge in [0.15, 0.2) is 0 Å². The largest absolute Gasteiger partial charge is 0.396 e. The van der Waals surface area contributed by atoms with Crippen LogP contribution in [0.1, 0.15) is 25.7 Å². The number of hydrogen-bond acceptors (Lipinski definition) is 2. The van der Waals surface area contributed by atoms with E-state index in [0.29, 0.717) is 0 Å². The molecule has 0 aliphatic heterocycles. The molecule has 1 aliphatic carbocycles. The molecule has 9 heavy (non-hydrogen) atoms. The third kappa shape index (κ3) is 1.66. The molecule has 0 saturated heterocycles. The highest BCUT2D eigenvalue weighted by Gasteiger charge is 2.21. The van der Waals surface area contributed by atoms with E-state index in [9.17, 15) is 5.11 Å². The van der Waals surface area contributed by atoms with Crippen molar-refractivity contribution < 1.29 is 10.2 Å². The highest BCUT2D eigenvalue weighted by atomic mass is 16.3. The predicted molar refractivity (Wildman–Crippen MR) is 35.1 cm³/mol. The van der Waals surface area contributed by atoms with Gasteiger partial charge in [-0.05, 0) is 12.8 Å². The van der Waals surface area contributed by atoms with Crippen LogP contribution in [0, 0.1) is 5.92 Å². The Labute approximate surface area is 55.5 Å². The van der Waals surface area contributed by atoms with E-state index in [1.807, 2.05) is 0 Å². The van der Waals surface area contributed by atoms with Gasteiger partial charge in [-0.1, -0.05) is 12.8 Å². The Balaban J connectivity index is 2.30. The number of aliphatic hydroxyl groups excluding tert-OH is 2. The summed E-state index contributed by atoms with van der Waals surface area (Å²) in [5.74, 6) is 0.166. The minimum Gasteiger partial charge on any atom is -0.396 e. The zero-order chi connectivity index (χ0) is 6.69. The van der Waals surface area contributed by atoms with Crippen LogP contribution in [0.3, 0.4) is 0 Å². The Kier molecular flexibility index (Phi) is 2.49. The highest BCUT2D eigenvalue weighted by Crippen LogP contribution is 2.23. The van der Waals surface area contributed by atoms with Gasteiger partial charge in [0.05, 0.1) is 6.10 Å². The minimum absolute atomic E-state index is 0.154. The Morgan fingerprint density at radius 3 is 2.33 bits per heavy atom. The Hall–Kier alpha value is -0.0800. The molecule has 0 radical (unpaired) electrons. The summed E-state index contributed by atoms with van der Waals surface area (Å²) in [5, 5.41) is 17.9. The summed E-state index contributed by atoms with van der Waals surface area (Å²) in [5.41, 5.74) is 0. The second kappa shape index (κ2) is 3.18. The number of aliphatic hydroxyl groups is 2.